The highest BCUT2D eigenvalue weighted by Gasteiger charge is 2.07. The second-order valence-corrected chi connectivity index (χ2v) is 4.84. The van der Waals surface area contributed by atoms with E-state index >= 15 is 0 Å². The second kappa shape index (κ2) is 5.58. The van der Waals surface area contributed by atoms with Gasteiger partial charge in [0, 0.05) is 39.9 Å². The van der Waals surface area contributed by atoms with Crippen LogP contribution in [0.25, 0.3) is 10.1 Å². The van der Waals surface area contributed by atoms with E-state index in [0.717, 1.165) is 12.2 Å². The summed E-state index contributed by atoms with van der Waals surface area (Å²) >= 11 is 13.2. The molecule has 0 fully saturated rings. The van der Waals surface area contributed by atoms with Crippen LogP contribution in [0.3, 0.4) is 0 Å². The Balaban J connectivity index is 2.46. The summed E-state index contributed by atoms with van der Waals surface area (Å²) in [6.45, 7) is 0.750. The molecule has 0 atom stereocenters. The average molecular weight is 272 g/mol. The van der Waals surface area contributed by atoms with E-state index in [9.17, 15) is 0 Å². The summed E-state index contributed by atoms with van der Waals surface area (Å²) in [5.74, 6) is 0.571. The van der Waals surface area contributed by atoms with Crippen molar-refractivity contribution in [1.82, 2.24) is 0 Å². The average Bonchev–Trinajstić information content (AvgIpc) is 2.76. The molecule has 0 saturated heterocycles. The van der Waals surface area contributed by atoms with E-state index in [0.29, 0.717) is 5.88 Å². The Morgan fingerprint density at radius 2 is 2.19 bits per heavy atom. The van der Waals surface area contributed by atoms with Crippen LogP contribution >= 0.6 is 34.5 Å². The lowest BCUT2D eigenvalue weighted by atomic mass is 10.2. The van der Waals surface area contributed by atoms with Gasteiger partial charge >= 0.3 is 0 Å². The van der Waals surface area contributed by atoms with E-state index in [1.54, 1.807) is 11.3 Å². The van der Waals surface area contributed by atoms with Crippen LogP contribution in [-0.2, 0) is 0 Å². The number of alkyl halides is 1. The summed E-state index contributed by atoms with van der Waals surface area (Å²) in [6, 6.07) is 8.38. The maximum atomic E-state index is 5.79. The summed E-state index contributed by atoms with van der Waals surface area (Å²) in [5.41, 5.74) is 2.66. The van der Waals surface area contributed by atoms with Crippen molar-refractivity contribution in [2.75, 3.05) is 17.3 Å². The smallest absolute Gasteiger partial charge is 0.0494 e. The van der Waals surface area contributed by atoms with Crippen LogP contribution in [-0.4, -0.2) is 12.4 Å². The van der Waals surface area contributed by atoms with Crippen molar-refractivity contribution in [3.63, 3.8) is 0 Å². The van der Waals surface area contributed by atoms with Crippen molar-refractivity contribution in [3.05, 3.63) is 41.4 Å². The third kappa shape index (κ3) is 2.34. The van der Waals surface area contributed by atoms with Gasteiger partial charge in [-0.3, -0.25) is 0 Å². The number of halogens is 2. The maximum absolute atomic E-state index is 5.79. The molecule has 0 aliphatic heterocycles. The Morgan fingerprint density at radius 1 is 1.31 bits per heavy atom. The van der Waals surface area contributed by atoms with Crippen LogP contribution in [0, 0.1) is 0 Å². The molecule has 1 heterocycles. The largest absolute Gasteiger partial charge is 0.345 e. The lowest BCUT2D eigenvalue weighted by Gasteiger charge is -2.19. The third-order valence-corrected chi connectivity index (χ3v) is 3.51. The third-order valence-electron chi connectivity index (χ3n) is 2.34. The van der Waals surface area contributed by atoms with Crippen molar-refractivity contribution in [2.45, 2.75) is 0 Å². The van der Waals surface area contributed by atoms with Gasteiger partial charge in [-0.05, 0) is 23.6 Å². The highest BCUT2D eigenvalue weighted by Crippen LogP contribution is 2.30. The van der Waals surface area contributed by atoms with Crippen molar-refractivity contribution < 1.29 is 0 Å². The number of nitrogens with zero attached hydrogens (tertiary/aromatic N) is 1. The van der Waals surface area contributed by atoms with E-state index in [1.165, 1.54) is 15.6 Å². The summed E-state index contributed by atoms with van der Waals surface area (Å²) < 4.78 is 1.28. The molecule has 0 amide bonds. The molecule has 0 aliphatic rings. The molecule has 0 unspecified atom stereocenters. The van der Waals surface area contributed by atoms with Gasteiger partial charge in [0.1, 0.15) is 0 Å². The van der Waals surface area contributed by atoms with Gasteiger partial charge < -0.3 is 4.90 Å². The topological polar surface area (TPSA) is 3.24 Å². The van der Waals surface area contributed by atoms with Gasteiger partial charge in [0.25, 0.3) is 0 Å². The molecular weight excluding hydrogens is 261 g/mol. The van der Waals surface area contributed by atoms with Gasteiger partial charge in [-0.2, -0.15) is 0 Å². The molecule has 1 nitrogen and oxygen atoms in total. The number of hydrogen-bond acceptors (Lipinski definition) is 2. The number of thiophene rings is 1. The highest BCUT2D eigenvalue weighted by molar-refractivity contribution is 7.17. The number of fused-ring (bicyclic) bond motifs is 1. The number of benzene rings is 1. The molecule has 0 bridgehead atoms. The molecule has 0 aliphatic carbocycles. The monoisotopic (exact) mass is 271 g/mol. The fraction of sp³-hybridized carbons (Fsp3) is 0.167. The van der Waals surface area contributed by atoms with E-state index in [1.807, 2.05) is 6.20 Å². The summed E-state index contributed by atoms with van der Waals surface area (Å²) in [7, 11) is 0. The van der Waals surface area contributed by atoms with E-state index in [2.05, 4.69) is 34.5 Å². The fourth-order valence-electron chi connectivity index (χ4n) is 1.66. The quantitative estimate of drug-likeness (QED) is 0.732. The minimum atomic E-state index is 0.571. The number of rotatable bonds is 4. The SMILES string of the molecule is Cl/C=C/N(CCCl)c1cccc2sccc12. The predicted octanol–water partition coefficient (Wildman–Crippen LogP) is 4.66. The minimum Gasteiger partial charge on any atom is -0.345 e. The van der Waals surface area contributed by atoms with Crippen molar-refractivity contribution in [2.24, 2.45) is 0 Å². The Kier molecular flexibility index (Phi) is 4.10. The van der Waals surface area contributed by atoms with Gasteiger partial charge in [0.15, 0.2) is 0 Å². The van der Waals surface area contributed by atoms with Crippen LogP contribution in [0.5, 0.6) is 0 Å². The molecule has 4 heteroatoms. The molecule has 16 heavy (non-hydrogen) atoms. The first-order valence-electron chi connectivity index (χ1n) is 4.92. The molecule has 0 spiro atoms. The first-order valence-corrected chi connectivity index (χ1v) is 6.77. The molecule has 84 valence electrons. The minimum absolute atomic E-state index is 0.571. The predicted molar refractivity (Wildman–Crippen MR) is 74.9 cm³/mol. The first kappa shape index (κ1) is 11.8. The Hall–Kier alpha value is -0.700. The first-order chi connectivity index (χ1) is 7.86. The van der Waals surface area contributed by atoms with Crippen LogP contribution in [0.1, 0.15) is 0 Å². The zero-order chi connectivity index (χ0) is 11.4. The maximum Gasteiger partial charge on any atom is 0.0494 e. The normalized spacial score (nSPS) is 11.4. The molecule has 0 N–H and O–H groups in total. The number of hydrogen-bond donors (Lipinski definition) is 0. The molecule has 1 aromatic heterocycles. The lowest BCUT2D eigenvalue weighted by molar-refractivity contribution is 1.03. The van der Waals surface area contributed by atoms with Crippen LogP contribution in [0.15, 0.2) is 41.4 Å². The van der Waals surface area contributed by atoms with Gasteiger partial charge in [0.05, 0.1) is 0 Å². The molecule has 2 rings (SSSR count). The Labute approximate surface area is 109 Å². The zero-order valence-electron chi connectivity index (χ0n) is 8.57. The highest BCUT2D eigenvalue weighted by atomic mass is 35.5. The van der Waals surface area contributed by atoms with Crippen LogP contribution < -0.4 is 4.90 Å². The molecular formula is C12H11Cl2NS. The second-order valence-electron chi connectivity index (χ2n) is 3.27. The van der Waals surface area contributed by atoms with Crippen LogP contribution in [0.2, 0.25) is 0 Å². The zero-order valence-corrected chi connectivity index (χ0v) is 10.9. The molecule has 1 aromatic carbocycles. The lowest BCUT2D eigenvalue weighted by Crippen LogP contribution is -2.18. The Bertz CT molecular complexity index is 492. The van der Waals surface area contributed by atoms with Gasteiger partial charge in [-0.1, -0.05) is 17.7 Å². The standard InChI is InChI=1S/C12H11Cl2NS/c13-5-7-15(8-6-14)11-2-1-3-12-10(11)4-9-16-12/h1-5,7,9H,6,8H2/b7-5+. The van der Waals surface area contributed by atoms with Gasteiger partial charge in [-0.25, -0.2) is 0 Å². The summed E-state index contributed by atoms with van der Waals surface area (Å²) in [6.07, 6.45) is 1.84. The van der Waals surface area contributed by atoms with Gasteiger partial charge in [-0.15, -0.1) is 22.9 Å². The summed E-state index contributed by atoms with van der Waals surface area (Å²) in [5, 5.41) is 3.34. The van der Waals surface area contributed by atoms with Crippen LogP contribution in [0.4, 0.5) is 5.69 Å². The van der Waals surface area contributed by atoms with E-state index in [-0.39, 0.29) is 0 Å². The fourth-order valence-corrected chi connectivity index (χ4v) is 2.79. The Morgan fingerprint density at radius 3 is 2.94 bits per heavy atom. The molecule has 0 radical (unpaired) electrons. The van der Waals surface area contributed by atoms with E-state index < -0.39 is 0 Å². The number of anilines is 1. The van der Waals surface area contributed by atoms with Gasteiger partial charge in [0.2, 0.25) is 0 Å². The van der Waals surface area contributed by atoms with Crippen molar-refractivity contribution in [3.8, 4) is 0 Å². The molecule has 0 saturated carbocycles. The summed E-state index contributed by atoms with van der Waals surface area (Å²) in [4.78, 5) is 2.06. The van der Waals surface area contributed by atoms with E-state index in [4.69, 9.17) is 23.2 Å². The molecule has 2 aromatic rings. The van der Waals surface area contributed by atoms with Crippen molar-refractivity contribution >= 4 is 50.3 Å². The van der Waals surface area contributed by atoms with Crippen molar-refractivity contribution in [1.29, 1.82) is 0 Å².